The van der Waals surface area contributed by atoms with E-state index in [9.17, 15) is 0 Å². The van der Waals surface area contributed by atoms with Gasteiger partial charge in [0.15, 0.2) is 0 Å². The summed E-state index contributed by atoms with van der Waals surface area (Å²) in [6.07, 6.45) is 7.65. The summed E-state index contributed by atoms with van der Waals surface area (Å²) in [6, 6.07) is 6.69. The first-order valence-electron chi connectivity index (χ1n) is 6.85. The predicted octanol–water partition coefficient (Wildman–Crippen LogP) is 3.81. The van der Waals surface area contributed by atoms with Gasteiger partial charge in [0.1, 0.15) is 5.75 Å². The van der Waals surface area contributed by atoms with E-state index in [1.54, 1.807) is 7.11 Å². The number of ether oxygens (including phenoxy) is 1. The third-order valence-electron chi connectivity index (χ3n) is 3.67. The van der Waals surface area contributed by atoms with E-state index in [0.717, 1.165) is 36.2 Å². The van der Waals surface area contributed by atoms with E-state index >= 15 is 0 Å². The van der Waals surface area contributed by atoms with Crippen molar-refractivity contribution in [3.8, 4) is 5.75 Å². The first-order chi connectivity index (χ1) is 8.79. The van der Waals surface area contributed by atoms with Crippen molar-refractivity contribution in [1.29, 1.82) is 0 Å². The van der Waals surface area contributed by atoms with Crippen LogP contribution in [0.25, 0.3) is 0 Å². The van der Waals surface area contributed by atoms with Crippen molar-refractivity contribution in [3.63, 3.8) is 0 Å². The Labute approximate surface area is 115 Å². The number of hydrogen-bond donors (Lipinski definition) is 1. The Balaban J connectivity index is 1.72. The largest absolute Gasteiger partial charge is 0.497 e. The van der Waals surface area contributed by atoms with Crippen LogP contribution in [0, 0.1) is 0 Å². The van der Waals surface area contributed by atoms with Crippen LogP contribution in [0.15, 0.2) is 18.2 Å². The molecular formula is C15H22ClNO. The molecule has 1 aliphatic carbocycles. The second-order valence-corrected chi connectivity index (χ2v) is 5.40. The summed E-state index contributed by atoms with van der Waals surface area (Å²) in [5, 5.41) is 4.44. The molecule has 2 nitrogen and oxygen atoms in total. The lowest BCUT2D eigenvalue weighted by Crippen LogP contribution is -2.27. The summed E-state index contributed by atoms with van der Waals surface area (Å²) in [4.78, 5) is 0. The van der Waals surface area contributed by atoms with E-state index in [-0.39, 0.29) is 0 Å². The molecule has 1 aromatic carbocycles. The van der Waals surface area contributed by atoms with Crippen LogP contribution in [-0.4, -0.2) is 19.7 Å². The molecule has 0 amide bonds. The first-order valence-corrected chi connectivity index (χ1v) is 7.23. The average molecular weight is 268 g/mol. The van der Waals surface area contributed by atoms with E-state index in [4.69, 9.17) is 16.3 Å². The minimum atomic E-state index is 0.760. The Morgan fingerprint density at radius 3 is 2.78 bits per heavy atom. The summed E-state index contributed by atoms with van der Waals surface area (Å²) in [6.45, 7) is 1.09. The molecule has 100 valence electrons. The van der Waals surface area contributed by atoms with Crippen LogP contribution < -0.4 is 10.1 Å². The van der Waals surface area contributed by atoms with Crippen molar-refractivity contribution in [1.82, 2.24) is 5.32 Å². The highest BCUT2D eigenvalue weighted by Crippen LogP contribution is 2.23. The van der Waals surface area contributed by atoms with Gasteiger partial charge in [-0.3, -0.25) is 0 Å². The van der Waals surface area contributed by atoms with Gasteiger partial charge in [-0.2, -0.15) is 0 Å². The highest BCUT2D eigenvalue weighted by atomic mass is 35.5. The quantitative estimate of drug-likeness (QED) is 0.792. The fraction of sp³-hybridized carbons (Fsp3) is 0.600. The molecule has 18 heavy (non-hydrogen) atoms. The standard InChI is InChI=1S/C15H22ClNO/c1-18-14-9-8-12(15(16)11-14)5-4-10-17-13-6-2-3-7-13/h8-9,11,13,17H,2-7,10H2,1H3. The zero-order valence-corrected chi connectivity index (χ0v) is 11.8. The Kier molecular flexibility index (Phi) is 5.33. The van der Waals surface area contributed by atoms with Gasteiger partial charge in [0.25, 0.3) is 0 Å². The number of aryl methyl sites for hydroxylation is 1. The molecular weight excluding hydrogens is 246 g/mol. The van der Waals surface area contributed by atoms with Crippen molar-refractivity contribution in [2.24, 2.45) is 0 Å². The second kappa shape index (κ2) is 7.01. The minimum Gasteiger partial charge on any atom is -0.497 e. The summed E-state index contributed by atoms with van der Waals surface area (Å²) in [7, 11) is 1.66. The van der Waals surface area contributed by atoms with Crippen LogP contribution in [0.3, 0.4) is 0 Å². The number of hydrogen-bond acceptors (Lipinski definition) is 2. The van der Waals surface area contributed by atoms with Crippen molar-refractivity contribution < 1.29 is 4.74 Å². The van der Waals surface area contributed by atoms with Crippen molar-refractivity contribution >= 4 is 11.6 Å². The summed E-state index contributed by atoms with van der Waals surface area (Å²) < 4.78 is 5.15. The van der Waals surface area contributed by atoms with Crippen LogP contribution in [0.4, 0.5) is 0 Å². The Morgan fingerprint density at radius 1 is 1.33 bits per heavy atom. The number of rotatable bonds is 6. The van der Waals surface area contributed by atoms with E-state index < -0.39 is 0 Å². The molecule has 1 aliphatic rings. The smallest absolute Gasteiger partial charge is 0.120 e. The van der Waals surface area contributed by atoms with Gasteiger partial charge in [-0.15, -0.1) is 0 Å². The highest BCUT2D eigenvalue weighted by Gasteiger charge is 2.13. The van der Waals surface area contributed by atoms with Gasteiger partial charge < -0.3 is 10.1 Å². The van der Waals surface area contributed by atoms with Gasteiger partial charge in [0.05, 0.1) is 7.11 Å². The predicted molar refractivity (Wildman–Crippen MR) is 76.6 cm³/mol. The van der Waals surface area contributed by atoms with Crippen LogP contribution in [0.2, 0.25) is 5.02 Å². The summed E-state index contributed by atoms with van der Waals surface area (Å²) >= 11 is 6.21. The van der Waals surface area contributed by atoms with Gasteiger partial charge in [-0.05, 0) is 49.9 Å². The normalized spacial score (nSPS) is 16.1. The Bertz CT molecular complexity index is 375. The van der Waals surface area contributed by atoms with Crippen LogP contribution in [-0.2, 0) is 6.42 Å². The van der Waals surface area contributed by atoms with Crippen molar-refractivity contribution in [2.75, 3.05) is 13.7 Å². The zero-order valence-electron chi connectivity index (χ0n) is 11.0. The molecule has 0 saturated heterocycles. The zero-order chi connectivity index (χ0) is 12.8. The van der Waals surface area contributed by atoms with Gasteiger partial charge >= 0.3 is 0 Å². The second-order valence-electron chi connectivity index (χ2n) is 5.00. The number of halogens is 1. The van der Waals surface area contributed by atoms with Crippen molar-refractivity contribution in [3.05, 3.63) is 28.8 Å². The lowest BCUT2D eigenvalue weighted by atomic mass is 10.1. The maximum absolute atomic E-state index is 6.21. The highest BCUT2D eigenvalue weighted by molar-refractivity contribution is 6.31. The van der Waals surface area contributed by atoms with E-state index in [2.05, 4.69) is 11.4 Å². The van der Waals surface area contributed by atoms with E-state index in [1.807, 2.05) is 12.1 Å². The maximum Gasteiger partial charge on any atom is 0.120 e. The lowest BCUT2D eigenvalue weighted by molar-refractivity contribution is 0.414. The lowest BCUT2D eigenvalue weighted by Gasteiger charge is -2.12. The Hall–Kier alpha value is -0.730. The summed E-state index contributed by atoms with van der Waals surface area (Å²) in [5.74, 6) is 0.827. The molecule has 0 radical (unpaired) electrons. The molecule has 1 aromatic rings. The van der Waals surface area contributed by atoms with Crippen molar-refractivity contribution in [2.45, 2.75) is 44.6 Å². The molecule has 0 spiro atoms. The minimum absolute atomic E-state index is 0.760. The molecule has 0 atom stereocenters. The van der Waals surface area contributed by atoms with E-state index in [1.165, 1.54) is 31.2 Å². The third-order valence-corrected chi connectivity index (χ3v) is 4.02. The number of nitrogens with one attached hydrogen (secondary N) is 1. The first kappa shape index (κ1) is 13.7. The van der Waals surface area contributed by atoms with Crippen LogP contribution in [0.1, 0.15) is 37.7 Å². The summed E-state index contributed by atoms with van der Waals surface area (Å²) in [5.41, 5.74) is 1.21. The molecule has 0 aliphatic heterocycles. The maximum atomic E-state index is 6.21. The molecule has 2 rings (SSSR count). The molecule has 1 N–H and O–H groups in total. The molecule has 1 saturated carbocycles. The van der Waals surface area contributed by atoms with Crippen LogP contribution >= 0.6 is 11.6 Å². The molecule has 0 aromatic heterocycles. The fourth-order valence-corrected chi connectivity index (χ4v) is 2.84. The number of benzene rings is 1. The van der Waals surface area contributed by atoms with Gasteiger partial charge in [0, 0.05) is 11.1 Å². The van der Waals surface area contributed by atoms with Gasteiger partial charge in [-0.25, -0.2) is 0 Å². The Morgan fingerprint density at radius 2 is 2.11 bits per heavy atom. The van der Waals surface area contributed by atoms with Gasteiger partial charge in [-0.1, -0.05) is 30.5 Å². The molecule has 3 heteroatoms. The van der Waals surface area contributed by atoms with Crippen LogP contribution in [0.5, 0.6) is 5.75 Å². The monoisotopic (exact) mass is 267 g/mol. The molecule has 0 bridgehead atoms. The van der Waals surface area contributed by atoms with Gasteiger partial charge in [0.2, 0.25) is 0 Å². The molecule has 0 heterocycles. The SMILES string of the molecule is COc1ccc(CCCNC2CCCC2)c(Cl)c1. The van der Waals surface area contributed by atoms with E-state index in [0.29, 0.717) is 0 Å². The number of methoxy groups -OCH3 is 1. The third kappa shape index (κ3) is 3.89. The molecule has 0 unspecified atom stereocenters. The molecule has 1 fully saturated rings. The average Bonchev–Trinajstić information content (AvgIpc) is 2.89. The topological polar surface area (TPSA) is 21.3 Å². The fourth-order valence-electron chi connectivity index (χ4n) is 2.57.